The highest BCUT2D eigenvalue weighted by Crippen LogP contribution is 2.28. The van der Waals surface area contributed by atoms with Gasteiger partial charge in [0.05, 0.1) is 21.5 Å². The fourth-order valence-electron chi connectivity index (χ4n) is 3.58. The van der Waals surface area contributed by atoms with Crippen LogP contribution in [0.3, 0.4) is 0 Å². The minimum atomic E-state index is -0.829. The van der Waals surface area contributed by atoms with Gasteiger partial charge < -0.3 is 9.73 Å². The van der Waals surface area contributed by atoms with Gasteiger partial charge in [0.2, 0.25) is 5.89 Å². The number of aromatic nitrogens is 1. The van der Waals surface area contributed by atoms with E-state index < -0.39 is 27.1 Å². The van der Waals surface area contributed by atoms with Crippen molar-refractivity contribution in [2.75, 3.05) is 5.32 Å². The summed E-state index contributed by atoms with van der Waals surface area (Å²) in [5, 5.41) is 27.2. The van der Waals surface area contributed by atoms with Gasteiger partial charge in [-0.25, -0.2) is 4.98 Å². The normalized spacial score (nSPS) is 11.6. The van der Waals surface area contributed by atoms with Crippen LogP contribution in [0, 0.1) is 20.2 Å². The van der Waals surface area contributed by atoms with Crippen LogP contribution in [-0.2, 0) is 0 Å². The first-order valence-corrected chi connectivity index (χ1v) is 11.6. The molecule has 1 aromatic heterocycles. The lowest BCUT2D eigenvalue weighted by Crippen LogP contribution is -2.34. The maximum Gasteiger partial charge on any atom is 0.277 e. The Morgan fingerprint density at radius 3 is 2.27 bits per heavy atom. The van der Waals surface area contributed by atoms with Crippen LogP contribution in [0.5, 0.6) is 0 Å². The molecule has 0 aliphatic rings. The minimum Gasteiger partial charge on any atom is -0.436 e. The van der Waals surface area contributed by atoms with Crippen molar-refractivity contribution in [2.45, 2.75) is 26.2 Å². The maximum absolute atomic E-state index is 12.5. The maximum atomic E-state index is 12.5. The van der Waals surface area contributed by atoms with Crippen LogP contribution in [0.25, 0.3) is 22.6 Å². The summed E-state index contributed by atoms with van der Waals surface area (Å²) < 4.78 is 5.89. The molecule has 0 aliphatic carbocycles. The number of non-ortho nitro benzene ring substituents is 2. The molecule has 0 saturated heterocycles. The molecule has 4 rings (SSSR count). The predicted octanol–water partition coefficient (Wildman–Crippen LogP) is 5.95. The molecule has 12 heteroatoms. The second-order valence-electron chi connectivity index (χ2n) is 8.29. The van der Waals surface area contributed by atoms with Crippen LogP contribution < -0.4 is 10.6 Å². The zero-order chi connectivity index (χ0) is 26.7. The van der Waals surface area contributed by atoms with Gasteiger partial charge in [-0.05, 0) is 66.5 Å². The molecule has 3 aromatic carbocycles. The Kier molecular flexibility index (Phi) is 7.20. The van der Waals surface area contributed by atoms with Crippen LogP contribution in [0.2, 0.25) is 0 Å². The molecule has 0 radical (unpaired) electrons. The first-order chi connectivity index (χ1) is 17.6. The van der Waals surface area contributed by atoms with Crippen molar-refractivity contribution in [1.29, 1.82) is 0 Å². The summed E-state index contributed by atoms with van der Waals surface area (Å²) in [4.78, 5) is 37.6. The number of hydrogen-bond donors (Lipinski definition) is 2. The molecule has 0 bridgehead atoms. The third-order valence-electron chi connectivity index (χ3n) is 5.80. The fourth-order valence-corrected chi connectivity index (χ4v) is 3.79. The zero-order valence-corrected chi connectivity index (χ0v) is 20.6. The fraction of sp³-hybridized carbons (Fsp3) is 0.160. The molecule has 4 aromatic rings. The highest BCUT2D eigenvalue weighted by molar-refractivity contribution is 7.80. The first kappa shape index (κ1) is 25.4. The van der Waals surface area contributed by atoms with Crippen molar-refractivity contribution in [3.05, 3.63) is 92.0 Å². The van der Waals surface area contributed by atoms with Crippen LogP contribution >= 0.6 is 12.2 Å². The molecular formula is C25H21N5O6S. The molecule has 0 spiro atoms. The summed E-state index contributed by atoms with van der Waals surface area (Å²) >= 11 is 5.15. The molecule has 37 heavy (non-hydrogen) atoms. The van der Waals surface area contributed by atoms with Crippen molar-refractivity contribution in [3.8, 4) is 11.5 Å². The number of oxazole rings is 1. The van der Waals surface area contributed by atoms with E-state index in [1.165, 1.54) is 5.56 Å². The number of carbonyl (C=O) groups is 1. The Labute approximate surface area is 215 Å². The lowest BCUT2D eigenvalue weighted by atomic mass is 9.98. The second kappa shape index (κ2) is 10.5. The molecule has 11 nitrogen and oxygen atoms in total. The summed E-state index contributed by atoms with van der Waals surface area (Å²) in [6.07, 6.45) is 1.03. The Morgan fingerprint density at radius 2 is 1.68 bits per heavy atom. The van der Waals surface area contributed by atoms with Gasteiger partial charge in [0.1, 0.15) is 5.52 Å². The van der Waals surface area contributed by atoms with Crippen LogP contribution in [0.4, 0.5) is 17.1 Å². The van der Waals surface area contributed by atoms with E-state index in [0.717, 1.165) is 35.7 Å². The lowest BCUT2D eigenvalue weighted by Gasteiger charge is -2.10. The van der Waals surface area contributed by atoms with Crippen LogP contribution in [0.15, 0.2) is 65.1 Å². The average Bonchev–Trinajstić information content (AvgIpc) is 3.31. The molecule has 2 N–H and O–H groups in total. The van der Waals surface area contributed by atoms with Crippen molar-refractivity contribution in [3.63, 3.8) is 0 Å². The number of nitro benzene ring substituents is 2. The number of fused-ring (bicyclic) bond motifs is 1. The van der Waals surface area contributed by atoms with Gasteiger partial charge in [0.15, 0.2) is 10.7 Å². The molecule has 0 fully saturated rings. The number of benzene rings is 3. The number of nitro groups is 2. The number of nitrogens with zero attached hydrogens (tertiary/aromatic N) is 3. The summed E-state index contributed by atoms with van der Waals surface area (Å²) in [7, 11) is 0. The molecule has 188 valence electrons. The number of carbonyl (C=O) groups excluding carboxylic acids is 1. The number of anilines is 1. The van der Waals surface area contributed by atoms with E-state index >= 15 is 0 Å². The van der Waals surface area contributed by atoms with Crippen LogP contribution in [-0.4, -0.2) is 25.9 Å². The van der Waals surface area contributed by atoms with E-state index in [4.69, 9.17) is 16.6 Å². The topological polar surface area (TPSA) is 153 Å². The number of rotatable bonds is 7. The average molecular weight is 520 g/mol. The van der Waals surface area contributed by atoms with Gasteiger partial charge in [-0.15, -0.1) is 0 Å². The number of amides is 1. The number of hydrogen-bond acceptors (Lipinski definition) is 8. The summed E-state index contributed by atoms with van der Waals surface area (Å²) in [5.74, 6) is 0.0570. The first-order valence-electron chi connectivity index (χ1n) is 11.2. The smallest absolute Gasteiger partial charge is 0.277 e. The largest absolute Gasteiger partial charge is 0.436 e. The lowest BCUT2D eigenvalue weighted by molar-refractivity contribution is -0.394. The summed E-state index contributed by atoms with van der Waals surface area (Å²) in [6, 6.07) is 15.6. The molecule has 1 amide bonds. The molecule has 0 aliphatic heterocycles. The molecular weight excluding hydrogens is 498 g/mol. The van der Waals surface area contributed by atoms with Gasteiger partial charge in [0.25, 0.3) is 17.3 Å². The Balaban J connectivity index is 1.45. The molecule has 0 saturated carbocycles. The number of nitrogens with one attached hydrogen (secondary N) is 2. The standard InChI is InChI=1S/C25H21N5O6S/c1-3-14(2)16-6-9-22-21(12-16)27-24(36-22)15-4-7-18(8-5-15)26-25(37)28-23(31)17-10-19(29(32)33)13-20(11-17)30(34)35/h4-14H,3H2,1-2H3,(H2,26,28,31,37)/t14-/m1/s1. The van der Waals surface area contributed by atoms with E-state index in [2.05, 4.69) is 29.5 Å². The van der Waals surface area contributed by atoms with E-state index in [0.29, 0.717) is 23.1 Å². The second-order valence-corrected chi connectivity index (χ2v) is 8.70. The number of thiocarbonyl (C=S) groups is 1. The van der Waals surface area contributed by atoms with Crippen molar-refractivity contribution < 1.29 is 19.1 Å². The summed E-state index contributed by atoms with van der Waals surface area (Å²) in [6.45, 7) is 4.30. The van der Waals surface area contributed by atoms with Gasteiger partial charge in [-0.2, -0.15) is 0 Å². The zero-order valence-electron chi connectivity index (χ0n) is 19.8. The Bertz CT molecular complexity index is 1500. The van der Waals surface area contributed by atoms with Crippen LogP contribution in [0.1, 0.15) is 42.1 Å². The van der Waals surface area contributed by atoms with Crippen molar-refractivity contribution in [1.82, 2.24) is 10.3 Å². The molecule has 0 unspecified atom stereocenters. The monoisotopic (exact) mass is 519 g/mol. The minimum absolute atomic E-state index is 0.0913. The highest BCUT2D eigenvalue weighted by Gasteiger charge is 2.20. The molecule has 1 atom stereocenters. The highest BCUT2D eigenvalue weighted by atomic mass is 32.1. The van der Waals surface area contributed by atoms with Crippen molar-refractivity contribution >= 4 is 51.4 Å². The van der Waals surface area contributed by atoms with E-state index in [-0.39, 0.29) is 10.7 Å². The van der Waals surface area contributed by atoms with Gasteiger partial charge in [0, 0.05) is 23.4 Å². The summed E-state index contributed by atoms with van der Waals surface area (Å²) in [5.41, 5.74) is 2.53. The van der Waals surface area contributed by atoms with Crippen molar-refractivity contribution in [2.24, 2.45) is 0 Å². The van der Waals surface area contributed by atoms with Gasteiger partial charge >= 0.3 is 0 Å². The Morgan fingerprint density at radius 1 is 1.03 bits per heavy atom. The Hall–Kier alpha value is -4.71. The third-order valence-corrected chi connectivity index (χ3v) is 6.00. The van der Waals surface area contributed by atoms with E-state index in [9.17, 15) is 25.0 Å². The van der Waals surface area contributed by atoms with Gasteiger partial charge in [-0.1, -0.05) is 19.9 Å². The molecule has 1 heterocycles. The van der Waals surface area contributed by atoms with E-state index in [1.807, 2.05) is 18.2 Å². The van der Waals surface area contributed by atoms with E-state index in [1.54, 1.807) is 24.3 Å². The quantitative estimate of drug-likeness (QED) is 0.171. The predicted molar refractivity (Wildman–Crippen MR) is 142 cm³/mol. The van der Waals surface area contributed by atoms with Gasteiger partial charge in [-0.3, -0.25) is 30.3 Å². The SMILES string of the molecule is CC[C@@H](C)c1ccc2oc(-c3ccc(NC(=S)NC(=O)c4cc([N+](=O)[O-])cc([N+](=O)[O-])c4)cc3)nc2c1. The third kappa shape index (κ3) is 5.76.